The minimum absolute atomic E-state index is 0.0145. The lowest BCUT2D eigenvalue weighted by atomic mass is 9.32. The summed E-state index contributed by atoms with van der Waals surface area (Å²) in [7, 11) is 0. The molecule has 5 aliphatic carbocycles. The Kier molecular flexibility index (Phi) is 5.33. The number of carbonyl (C=O) groups excluding carboxylic acids is 1. The quantitative estimate of drug-likeness (QED) is 0.460. The average Bonchev–Trinajstić information content (AvgIpc) is 3.18. The topological polar surface area (TPSA) is 78.2 Å². The molecule has 0 radical (unpaired) electrons. The lowest BCUT2D eigenvalue weighted by Crippen LogP contribution is -2.66. The number of nitriles is 1. The molecular formula is C31H45NO3. The van der Waals surface area contributed by atoms with E-state index in [1.54, 1.807) is 0 Å². The summed E-state index contributed by atoms with van der Waals surface area (Å²) in [5.74, 6) is 1.80. The molecular weight excluding hydrogens is 434 g/mol. The molecule has 4 fully saturated rings. The van der Waals surface area contributed by atoms with Gasteiger partial charge in [0.15, 0.2) is 5.78 Å². The summed E-state index contributed by atoms with van der Waals surface area (Å²) >= 11 is 0. The molecule has 0 heterocycles. The second-order valence-corrected chi connectivity index (χ2v) is 14.7. The lowest BCUT2D eigenvalue weighted by molar-refractivity contribution is -0.223. The van der Waals surface area contributed by atoms with Gasteiger partial charge in [0.25, 0.3) is 0 Å². The summed E-state index contributed by atoms with van der Waals surface area (Å²) in [4.78, 5) is 26.0. The van der Waals surface area contributed by atoms with E-state index in [0.717, 1.165) is 51.4 Å². The van der Waals surface area contributed by atoms with Crippen LogP contribution in [0.5, 0.6) is 0 Å². The van der Waals surface area contributed by atoms with Crippen LogP contribution in [-0.4, -0.2) is 16.9 Å². The van der Waals surface area contributed by atoms with Crippen molar-refractivity contribution in [1.82, 2.24) is 0 Å². The highest BCUT2D eigenvalue weighted by Crippen LogP contribution is 2.77. The molecule has 0 amide bonds. The second kappa shape index (κ2) is 7.45. The largest absolute Gasteiger partial charge is 0.481 e. The number of nitrogens with zero attached hydrogens (tertiary/aromatic N) is 1. The summed E-state index contributed by atoms with van der Waals surface area (Å²) in [6.07, 6.45) is 9.99. The van der Waals surface area contributed by atoms with E-state index in [0.29, 0.717) is 29.2 Å². The van der Waals surface area contributed by atoms with Crippen molar-refractivity contribution in [3.8, 4) is 6.07 Å². The van der Waals surface area contributed by atoms with E-state index in [9.17, 15) is 20.0 Å². The molecule has 0 aromatic heterocycles. The van der Waals surface area contributed by atoms with E-state index < -0.39 is 16.8 Å². The van der Waals surface area contributed by atoms with Gasteiger partial charge >= 0.3 is 5.97 Å². The summed E-state index contributed by atoms with van der Waals surface area (Å²) < 4.78 is 0. The van der Waals surface area contributed by atoms with Gasteiger partial charge in [0.2, 0.25) is 0 Å². The Labute approximate surface area is 211 Å². The Hall–Kier alpha value is -1.63. The summed E-state index contributed by atoms with van der Waals surface area (Å²) in [6, 6.07) is 2.25. The van der Waals surface area contributed by atoms with Crippen molar-refractivity contribution in [2.45, 2.75) is 99.8 Å². The van der Waals surface area contributed by atoms with Crippen LogP contribution in [-0.2, 0) is 9.59 Å². The van der Waals surface area contributed by atoms with Gasteiger partial charge in [0, 0.05) is 5.41 Å². The van der Waals surface area contributed by atoms with Crippen molar-refractivity contribution >= 4 is 11.8 Å². The predicted molar refractivity (Wildman–Crippen MR) is 136 cm³/mol. The molecule has 192 valence electrons. The van der Waals surface area contributed by atoms with E-state index in [1.165, 1.54) is 0 Å². The fraction of sp³-hybridized carbons (Fsp3) is 0.839. The minimum atomic E-state index is -0.551. The number of fused-ring (bicyclic) bond motifs is 7. The number of carboxylic acid groups (broad SMARTS) is 1. The molecule has 0 aliphatic heterocycles. The summed E-state index contributed by atoms with van der Waals surface area (Å²) in [5, 5.41) is 20.4. The molecule has 0 saturated heterocycles. The van der Waals surface area contributed by atoms with Crippen molar-refractivity contribution in [3.05, 3.63) is 11.6 Å². The van der Waals surface area contributed by atoms with Gasteiger partial charge in [-0.1, -0.05) is 54.5 Å². The maximum Gasteiger partial charge on any atom is 0.309 e. The van der Waals surface area contributed by atoms with Crippen LogP contribution in [0.25, 0.3) is 0 Å². The van der Waals surface area contributed by atoms with Gasteiger partial charge in [-0.25, -0.2) is 0 Å². The molecule has 0 bridgehead atoms. The van der Waals surface area contributed by atoms with Crippen LogP contribution in [0.3, 0.4) is 0 Å². The van der Waals surface area contributed by atoms with E-state index >= 15 is 0 Å². The fourth-order valence-corrected chi connectivity index (χ4v) is 11.4. The standard InChI is InChI=1S/C31H45NO3/c1-18(2)20-10-13-31(26(34)35)15-14-29(6)21(24(20)31)8-9-23-28(5)16-19(17-32)25(33)27(3,4)22(28)11-12-30(23,29)7/h16,18,20-24H,8-15H2,1-7H3,(H,34,35)/t20-,21+,22-,23+,24+,28-,29+,30+,31-/m0/s1. The van der Waals surface area contributed by atoms with Gasteiger partial charge in [-0.15, -0.1) is 0 Å². The fourth-order valence-electron chi connectivity index (χ4n) is 11.4. The van der Waals surface area contributed by atoms with Crippen molar-refractivity contribution in [3.63, 3.8) is 0 Å². The van der Waals surface area contributed by atoms with Gasteiger partial charge in [-0.05, 0) is 103 Å². The van der Waals surface area contributed by atoms with E-state index in [-0.39, 0.29) is 33.9 Å². The Morgan fingerprint density at radius 3 is 2.26 bits per heavy atom. The first-order valence-electron chi connectivity index (χ1n) is 14.1. The highest BCUT2D eigenvalue weighted by Gasteiger charge is 2.72. The van der Waals surface area contributed by atoms with Crippen molar-refractivity contribution in [2.75, 3.05) is 0 Å². The number of Topliss-reactive ketones (excluding diaryl/α,β-unsaturated/α-hetero) is 1. The first-order chi connectivity index (χ1) is 16.2. The Balaban J connectivity index is 1.61. The predicted octanol–water partition coefficient (Wildman–Crippen LogP) is 7.05. The number of carboxylic acids is 1. The molecule has 0 aromatic carbocycles. The van der Waals surface area contributed by atoms with Gasteiger partial charge in [-0.2, -0.15) is 5.26 Å². The normalized spacial score (nSPS) is 50.3. The van der Waals surface area contributed by atoms with Gasteiger partial charge in [-0.3, -0.25) is 9.59 Å². The van der Waals surface area contributed by atoms with Crippen molar-refractivity contribution < 1.29 is 14.7 Å². The van der Waals surface area contributed by atoms with Crippen LogP contribution in [0.15, 0.2) is 11.6 Å². The lowest BCUT2D eigenvalue weighted by Gasteiger charge is -2.71. The first kappa shape index (κ1) is 25.0. The number of rotatable bonds is 2. The number of aliphatic carboxylic acids is 1. The third-order valence-electron chi connectivity index (χ3n) is 13.2. The monoisotopic (exact) mass is 479 g/mol. The summed E-state index contributed by atoms with van der Waals surface area (Å²) in [6.45, 7) is 16.1. The SMILES string of the molecule is CC(C)[C@@H]1CC[C@]2(C(=O)O)CC[C@]3(C)[C@H](CC[C@@H]4[C@@]5(C)C=C(C#N)C(=O)C(C)(C)[C@@H]5CC[C@]43C)[C@@H]12. The van der Waals surface area contributed by atoms with Crippen LogP contribution < -0.4 is 0 Å². The molecule has 4 heteroatoms. The molecule has 9 atom stereocenters. The first-order valence-corrected chi connectivity index (χ1v) is 14.1. The number of allylic oxidation sites excluding steroid dienone is 2. The number of hydrogen-bond donors (Lipinski definition) is 1. The zero-order chi connectivity index (χ0) is 25.8. The zero-order valence-corrected chi connectivity index (χ0v) is 22.9. The average molecular weight is 480 g/mol. The smallest absolute Gasteiger partial charge is 0.309 e. The van der Waals surface area contributed by atoms with Gasteiger partial charge < -0.3 is 5.11 Å². The number of carbonyl (C=O) groups is 2. The Morgan fingerprint density at radius 1 is 0.971 bits per heavy atom. The third-order valence-corrected chi connectivity index (χ3v) is 13.2. The molecule has 5 rings (SSSR count). The molecule has 1 N–H and O–H groups in total. The minimum Gasteiger partial charge on any atom is -0.481 e. The molecule has 0 unspecified atom stereocenters. The zero-order valence-electron chi connectivity index (χ0n) is 22.9. The molecule has 35 heavy (non-hydrogen) atoms. The maximum atomic E-state index is 13.2. The van der Waals surface area contributed by atoms with Crippen LogP contribution in [0.1, 0.15) is 99.8 Å². The molecule has 0 aromatic rings. The Morgan fingerprint density at radius 2 is 1.66 bits per heavy atom. The molecule has 4 nitrogen and oxygen atoms in total. The van der Waals surface area contributed by atoms with Crippen LogP contribution in [0.2, 0.25) is 0 Å². The highest BCUT2D eigenvalue weighted by molar-refractivity contribution is 6.04. The second-order valence-electron chi connectivity index (χ2n) is 14.7. The molecule has 5 aliphatic rings. The van der Waals surface area contributed by atoms with E-state index in [1.807, 2.05) is 0 Å². The molecule has 4 saturated carbocycles. The van der Waals surface area contributed by atoms with Crippen molar-refractivity contribution in [1.29, 1.82) is 5.26 Å². The van der Waals surface area contributed by atoms with E-state index in [2.05, 4.69) is 60.6 Å². The van der Waals surface area contributed by atoms with Crippen LogP contribution in [0, 0.1) is 73.9 Å². The van der Waals surface area contributed by atoms with Gasteiger partial charge in [0.1, 0.15) is 6.07 Å². The number of ketones is 1. The highest BCUT2D eigenvalue weighted by atomic mass is 16.4. The van der Waals surface area contributed by atoms with Crippen molar-refractivity contribution in [2.24, 2.45) is 62.6 Å². The van der Waals surface area contributed by atoms with E-state index in [4.69, 9.17) is 0 Å². The summed E-state index contributed by atoms with van der Waals surface area (Å²) in [5.41, 5.74) is -0.739. The third kappa shape index (κ3) is 2.85. The Bertz CT molecular complexity index is 1030. The molecule has 0 spiro atoms. The van der Waals surface area contributed by atoms with Gasteiger partial charge in [0.05, 0.1) is 11.0 Å². The van der Waals surface area contributed by atoms with Crippen LogP contribution >= 0.6 is 0 Å². The number of hydrogen-bond acceptors (Lipinski definition) is 3. The maximum absolute atomic E-state index is 13.2. The van der Waals surface area contributed by atoms with Crippen LogP contribution in [0.4, 0.5) is 0 Å².